The van der Waals surface area contributed by atoms with E-state index < -0.39 is 6.10 Å². The third-order valence-corrected chi connectivity index (χ3v) is 4.12. The summed E-state index contributed by atoms with van der Waals surface area (Å²) in [5.74, 6) is 0.631. The minimum absolute atomic E-state index is 0.0889. The highest BCUT2D eigenvalue weighted by atomic mass is 16.5. The van der Waals surface area contributed by atoms with Crippen LogP contribution in [0.1, 0.15) is 31.9 Å². The Hall–Kier alpha value is -2.36. The van der Waals surface area contributed by atoms with Crippen molar-refractivity contribution in [2.75, 3.05) is 5.32 Å². The van der Waals surface area contributed by atoms with Crippen molar-refractivity contribution in [1.29, 1.82) is 0 Å². The predicted octanol–water partition coefficient (Wildman–Crippen LogP) is 4.11. The topological polar surface area (TPSA) is 51.2 Å². The van der Waals surface area contributed by atoms with Crippen molar-refractivity contribution in [3.05, 3.63) is 41.7 Å². The zero-order chi connectivity index (χ0) is 16.8. The van der Waals surface area contributed by atoms with Crippen molar-refractivity contribution in [2.45, 2.75) is 40.7 Å². The average molecular weight is 310 g/mol. The first-order chi connectivity index (χ1) is 10.8. The van der Waals surface area contributed by atoms with Crippen LogP contribution < -0.4 is 10.1 Å². The van der Waals surface area contributed by atoms with Crippen LogP contribution in [0.5, 0.6) is 5.75 Å². The second kappa shape index (κ2) is 5.37. The Morgan fingerprint density at radius 2 is 1.78 bits per heavy atom. The Bertz CT molecular complexity index is 755. The molecule has 1 atom stereocenters. The maximum Gasteiger partial charge on any atom is 0.266 e. The van der Waals surface area contributed by atoms with Gasteiger partial charge in [-0.15, -0.1) is 0 Å². The highest BCUT2D eigenvalue weighted by molar-refractivity contribution is 5.98. The normalized spacial score (nSPS) is 17.3. The number of nitrogens with zero attached hydrogens (tertiary/aromatic N) is 1. The molecule has 2 aromatic rings. The first-order valence-electron chi connectivity index (χ1n) is 7.80. The summed E-state index contributed by atoms with van der Waals surface area (Å²) in [6.45, 7) is 10.1. The summed E-state index contributed by atoms with van der Waals surface area (Å²) in [7, 11) is 0. The maximum atomic E-state index is 12.2. The van der Waals surface area contributed by atoms with Gasteiger partial charge in [-0.3, -0.25) is 9.78 Å². The minimum atomic E-state index is -0.495. The van der Waals surface area contributed by atoms with Crippen LogP contribution in [0, 0.1) is 19.3 Å². The van der Waals surface area contributed by atoms with Crippen molar-refractivity contribution >= 4 is 11.6 Å². The Balaban J connectivity index is 2.05. The molecule has 0 aliphatic carbocycles. The number of hydrogen-bond acceptors (Lipinski definition) is 3. The fraction of sp³-hybridized carbons (Fsp3) is 0.368. The van der Waals surface area contributed by atoms with E-state index in [0.29, 0.717) is 0 Å². The lowest BCUT2D eigenvalue weighted by Crippen LogP contribution is -2.45. The minimum Gasteiger partial charge on any atom is -0.478 e. The van der Waals surface area contributed by atoms with Crippen LogP contribution >= 0.6 is 0 Å². The van der Waals surface area contributed by atoms with Crippen molar-refractivity contribution < 1.29 is 9.53 Å². The zero-order valence-corrected chi connectivity index (χ0v) is 14.2. The molecular weight excluding hydrogens is 288 g/mol. The molecule has 1 aromatic carbocycles. The Morgan fingerprint density at radius 1 is 1.13 bits per heavy atom. The van der Waals surface area contributed by atoms with Gasteiger partial charge in [0.15, 0.2) is 6.10 Å². The number of amides is 1. The van der Waals surface area contributed by atoms with E-state index >= 15 is 0 Å². The number of nitrogens with one attached hydrogen (secondary N) is 1. The molecule has 4 heteroatoms. The molecule has 0 spiro atoms. The van der Waals surface area contributed by atoms with E-state index in [9.17, 15) is 4.79 Å². The molecule has 23 heavy (non-hydrogen) atoms. The van der Waals surface area contributed by atoms with Crippen molar-refractivity contribution in [2.24, 2.45) is 5.41 Å². The van der Waals surface area contributed by atoms with Gasteiger partial charge in [-0.2, -0.15) is 0 Å². The second-order valence-corrected chi connectivity index (χ2v) is 7.21. The average Bonchev–Trinajstić information content (AvgIpc) is 2.45. The second-order valence-electron chi connectivity index (χ2n) is 7.21. The number of carbonyl (C=O) groups is 1. The van der Waals surface area contributed by atoms with Gasteiger partial charge >= 0.3 is 0 Å². The van der Waals surface area contributed by atoms with Gasteiger partial charge < -0.3 is 10.1 Å². The third-order valence-electron chi connectivity index (χ3n) is 4.12. The van der Waals surface area contributed by atoms with Crippen LogP contribution in [-0.2, 0) is 4.79 Å². The van der Waals surface area contributed by atoms with Gasteiger partial charge in [0.1, 0.15) is 5.75 Å². The number of rotatable bonds is 1. The lowest BCUT2D eigenvalue weighted by atomic mass is 9.87. The summed E-state index contributed by atoms with van der Waals surface area (Å²) in [5, 5.41) is 2.95. The van der Waals surface area contributed by atoms with Crippen LogP contribution in [0.25, 0.3) is 11.1 Å². The fourth-order valence-electron chi connectivity index (χ4n) is 2.98. The number of carbonyl (C=O) groups excluding carboxylic acids is 1. The number of aromatic nitrogens is 1. The molecule has 0 saturated heterocycles. The number of ether oxygens (including phenoxy) is 1. The Morgan fingerprint density at radius 3 is 2.39 bits per heavy atom. The van der Waals surface area contributed by atoms with Crippen molar-refractivity contribution in [3.63, 3.8) is 0 Å². The van der Waals surface area contributed by atoms with Gasteiger partial charge in [-0.1, -0.05) is 26.8 Å². The van der Waals surface area contributed by atoms with Gasteiger partial charge in [0.2, 0.25) is 0 Å². The quantitative estimate of drug-likeness (QED) is 0.862. The van der Waals surface area contributed by atoms with E-state index in [4.69, 9.17) is 4.74 Å². The monoisotopic (exact) mass is 310 g/mol. The molecule has 1 amide bonds. The molecule has 0 radical (unpaired) electrons. The summed E-state index contributed by atoms with van der Waals surface area (Å²) < 4.78 is 6.02. The van der Waals surface area contributed by atoms with E-state index in [-0.39, 0.29) is 11.3 Å². The molecule has 120 valence electrons. The lowest BCUT2D eigenvalue weighted by molar-refractivity contribution is -0.128. The number of fused-ring (bicyclic) bond motifs is 1. The largest absolute Gasteiger partial charge is 0.478 e. The molecule has 0 fully saturated rings. The predicted molar refractivity (Wildman–Crippen MR) is 91.6 cm³/mol. The summed E-state index contributed by atoms with van der Waals surface area (Å²) >= 11 is 0. The third kappa shape index (κ3) is 2.81. The fourth-order valence-corrected chi connectivity index (χ4v) is 2.98. The SMILES string of the molecule is Cc1cncc(C)c1-c1ccc2c(c1)OC(C(C)(C)C)C(=O)N2. The summed E-state index contributed by atoms with van der Waals surface area (Å²) in [5.41, 5.74) is 4.94. The first-order valence-corrected chi connectivity index (χ1v) is 7.80. The Kier molecular flexibility index (Phi) is 3.63. The van der Waals surface area contributed by atoms with Crippen LogP contribution in [0.15, 0.2) is 30.6 Å². The Labute approximate surface area is 136 Å². The number of benzene rings is 1. The van der Waals surface area contributed by atoms with Crippen LogP contribution in [0.4, 0.5) is 5.69 Å². The van der Waals surface area contributed by atoms with E-state index in [1.165, 1.54) is 0 Å². The van der Waals surface area contributed by atoms with Gasteiger partial charge in [0.25, 0.3) is 5.91 Å². The number of pyridine rings is 1. The van der Waals surface area contributed by atoms with Gasteiger partial charge in [-0.25, -0.2) is 0 Å². The number of aryl methyl sites for hydroxylation is 2. The molecule has 4 nitrogen and oxygen atoms in total. The first kappa shape index (κ1) is 15.5. The van der Waals surface area contributed by atoms with E-state index in [2.05, 4.69) is 24.1 Å². The van der Waals surface area contributed by atoms with Crippen molar-refractivity contribution in [3.8, 4) is 16.9 Å². The molecular formula is C19H22N2O2. The summed E-state index contributed by atoms with van der Waals surface area (Å²) in [4.78, 5) is 16.4. The molecule has 1 N–H and O–H groups in total. The molecule has 0 bridgehead atoms. The standard InChI is InChI=1S/C19H22N2O2/c1-11-9-20-10-12(2)16(11)13-6-7-14-15(8-13)23-17(18(22)21-14)19(3,4)5/h6-10,17H,1-5H3,(H,21,22). The summed E-state index contributed by atoms with van der Waals surface area (Å²) in [6.07, 6.45) is 3.23. The molecule has 1 aliphatic rings. The van der Waals surface area contributed by atoms with E-state index in [0.717, 1.165) is 33.7 Å². The van der Waals surface area contributed by atoms with Crippen LogP contribution in [-0.4, -0.2) is 17.0 Å². The highest BCUT2D eigenvalue weighted by Crippen LogP contribution is 2.38. The van der Waals surface area contributed by atoms with E-state index in [1.54, 1.807) is 0 Å². The van der Waals surface area contributed by atoms with Gasteiger partial charge in [-0.05, 0) is 48.2 Å². The smallest absolute Gasteiger partial charge is 0.266 e. The van der Waals surface area contributed by atoms with Gasteiger partial charge in [0, 0.05) is 17.8 Å². The van der Waals surface area contributed by atoms with Crippen molar-refractivity contribution in [1.82, 2.24) is 4.98 Å². The molecule has 1 unspecified atom stereocenters. The number of anilines is 1. The van der Waals surface area contributed by atoms with Crippen LogP contribution in [0.2, 0.25) is 0 Å². The van der Waals surface area contributed by atoms with Gasteiger partial charge in [0.05, 0.1) is 5.69 Å². The van der Waals surface area contributed by atoms with E-state index in [1.807, 2.05) is 51.4 Å². The highest BCUT2D eigenvalue weighted by Gasteiger charge is 2.37. The summed E-state index contributed by atoms with van der Waals surface area (Å²) in [6, 6.07) is 5.92. The zero-order valence-electron chi connectivity index (χ0n) is 14.2. The molecule has 3 rings (SSSR count). The molecule has 2 heterocycles. The molecule has 0 saturated carbocycles. The molecule has 1 aliphatic heterocycles. The lowest BCUT2D eigenvalue weighted by Gasteiger charge is -2.34. The molecule has 1 aromatic heterocycles. The maximum absolute atomic E-state index is 12.2. The number of hydrogen-bond donors (Lipinski definition) is 1. The van der Waals surface area contributed by atoms with Crippen LogP contribution in [0.3, 0.4) is 0 Å².